The van der Waals surface area contributed by atoms with E-state index in [1.54, 1.807) is 22.8 Å². The number of carbonyl (C=O) groups excluding carboxylic acids is 1. The summed E-state index contributed by atoms with van der Waals surface area (Å²) in [7, 11) is 1.78. The summed E-state index contributed by atoms with van der Waals surface area (Å²) in [5, 5.41) is 8.73. The third kappa shape index (κ3) is 4.33. The fourth-order valence-corrected chi connectivity index (χ4v) is 2.91. The molecule has 3 rings (SSSR count). The topological polar surface area (TPSA) is 60.2 Å². The second kappa shape index (κ2) is 7.77. The predicted octanol–water partition coefficient (Wildman–Crippen LogP) is 2.62. The molecule has 1 aliphatic heterocycles. The summed E-state index contributed by atoms with van der Waals surface area (Å²) >= 11 is 5.88. The van der Waals surface area contributed by atoms with Gasteiger partial charge in [-0.15, -0.1) is 5.10 Å². The molecule has 0 spiro atoms. The third-order valence-corrected chi connectivity index (χ3v) is 4.37. The number of rotatable bonds is 5. The Morgan fingerprint density at radius 2 is 2.17 bits per heavy atom. The van der Waals surface area contributed by atoms with Gasteiger partial charge in [0.05, 0.1) is 18.8 Å². The van der Waals surface area contributed by atoms with Gasteiger partial charge in [0, 0.05) is 25.2 Å². The van der Waals surface area contributed by atoms with Crippen molar-refractivity contribution >= 4 is 17.5 Å². The maximum atomic E-state index is 12.5. The lowest BCUT2D eigenvalue weighted by atomic mass is 10.1. The van der Waals surface area contributed by atoms with E-state index in [1.807, 2.05) is 24.3 Å². The molecule has 6 nitrogen and oxygen atoms in total. The molecule has 128 valence electrons. The molecule has 0 radical (unpaired) electrons. The lowest BCUT2D eigenvalue weighted by Crippen LogP contribution is -2.37. The molecular formula is C17H21ClN4O2. The smallest absolute Gasteiger partial charge is 0.275 e. The average Bonchev–Trinajstić information content (AvgIpc) is 3.05. The maximum Gasteiger partial charge on any atom is 0.275 e. The Kier molecular flexibility index (Phi) is 5.48. The van der Waals surface area contributed by atoms with E-state index in [9.17, 15) is 4.79 Å². The van der Waals surface area contributed by atoms with Gasteiger partial charge in [-0.3, -0.25) is 4.79 Å². The minimum atomic E-state index is -0.133. The SMILES string of the molecule is CN(C[C@H]1CCCCO1)C(=O)c1cn(Cc2ccc(Cl)cc2)nn1. The first-order valence-corrected chi connectivity index (χ1v) is 8.51. The van der Waals surface area contributed by atoms with E-state index in [-0.39, 0.29) is 12.0 Å². The molecule has 24 heavy (non-hydrogen) atoms. The summed E-state index contributed by atoms with van der Waals surface area (Å²) in [6, 6.07) is 7.52. The molecule has 1 atom stereocenters. The first-order valence-electron chi connectivity index (χ1n) is 8.13. The molecule has 1 fully saturated rings. The molecule has 2 heterocycles. The summed E-state index contributed by atoms with van der Waals surface area (Å²) in [6.45, 7) is 1.92. The minimum absolute atomic E-state index is 0.122. The predicted molar refractivity (Wildman–Crippen MR) is 91.1 cm³/mol. The molecule has 0 aliphatic carbocycles. The van der Waals surface area contributed by atoms with Crippen molar-refractivity contribution in [1.82, 2.24) is 19.9 Å². The van der Waals surface area contributed by atoms with E-state index in [4.69, 9.17) is 16.3 Å². The highest BCUT2D eigenvalue weighted by Crippen LogP contribution is 2.14. The number of nitrogens with zero attached hydrogens (tertiary/aromatic N) is 4. The monoisotopic (exact) mass is 348 g/mol. The molecule has 1 aliphatic rings. The Labute approximate surface area is 146 Å². The standard InChI is InChI=1S/C17H21ClN4O2/c1-21(11-15-4-2-3-9-24-15)17(23)16-12-22(20-19-16)10-13-5-7-14(18)8-6-13/h5-8,12,15H,2-4,9-11H2,1H3/t15-/m1/s1. The minimum Gasteiger partial charge on any atom is -0.376 e. The summed E-state index contributed by atoms with van der Waals surface area (Å²) in [6.07, 6.45) is 5.06. The van der Waals surface area contributed by atoms with Crippen LogP contribution in [0, 0.1) is 0 Å². The zero-order valence-corrected chi connectivity index (χ0v) is 14.4. The normalized spacial score (nSPS) is 17.7. The van der Waals surface area contributed by atoms with E-state index in [2.05, 4.69) is 10.3 Å². The van der Waals surface area contributed by atoms with Crippen molar-refractivity contribution in [2.24, 2.45) is 0 Å². The molecule has 1 aromatic heterocycles. The zero-order chi connectivity index (χ0) is 16.9. The fourth-order valence-electron chi connectivity index (χ4n) is 2.79. The van der Waals surface area contributed by atoms with Crippen LogP contribution in [0.3, 0.4) is 0 Å². The van der Waals surface area contributed by atoms with Gasteiger partial charge in [0.15, 0.2) is 5.69 Å². The van der Waals surface area contributed by atoms with Crippen molar-refractivity contribution in [1.29, 1.82) is 0 Å². The van der Waals surface area contributed by atoms with Crippen molar-refractivity contribution in [2.45, 2.75) is 31.9 Å². The van der Waals surface area contributed by atoms with E-state index in [0.29, 0.717) is 23.8 Å². The summed E-state index contributed by atoms with van der Waals surface area (Å²) < 4.78 is 7.34. The van der Waals surface area contributed by atoms with Gasteiger partial charge in [0.25, 0.3) is 5.91 Å². The number of likely N-dealkylation sites (N-methyl/N-ethyl adjacent to an activating group) is 1. The van der Waals surface area contributed by atoms with Crippen LogP contribution in [0.1, 0.15) is 35.3 Å². The van der Waals surface area contributed by atoms with Gasteiger partial charge < -0.3 is 9.64 Å². The van der Waals surface area contributed by atoms with Crippen LogP contribution in [0.25, 0.3) is 0 Å². The first-order chi connectivity index (χ1) is 11.6. The molecule has 1 aromatic carbocycles. The number of carbonyl (C=O) groups is 1. The van der Waals surface area contributed by atoms with E-state index < -0.39 is 0 Å². The summed E-state index contributed by atoms with van der Waals surface area (Å²) in [5.74, 6) is -0.133. The fraction of sp³-hybridized carbons (Fsp3) is 0.471. The van der Waals surface area contributed by atoms with E-state index in [0.717, 1.165) is 31.4 Å². The van der Waals surface area contributed by atoms with Crippen molar-refractivity contribution in [2.75, 3.05) is 20.2 Å². The van der Waals surface area contributed by atoms with Crippen molar-refractivity contribution in [3.05, 3.63) is 46.7 Å². The molecule has 0 unspecified atom stereocenters. The summed E-state index contributed by atoms with van der Waals surface area (Å²) in [4.78, 5) is 14.1. The Morgan fingerprint density at radius 3 is 2.88 bits per heavy atom. The highest BCUT2D eigenvalue weighted by atomic mass is 35.5. The summed E-state index contributed by atoms with van der Waals surface area (Å²) in [5.41, 5.74) is 1.40. The van der Waals surface area contributed by atoms with E-state index >= 15 is 0 Å². The van der Waals surface area contributed by atoms with Crippen LogP contribution in [-0.4, -0.2) is 52.1 Å². The Balaban J connectivity index is 1.59. The second-order valence-corrected chi connectivity index (χ2v) is 6.54. The highest BCUT2D eigenvalue weighted by Gasteiger charge is 2.21. The third-order valence-electron chi connectivity index (χ3n) is 4.11. The van der Waals surface area contributed by atoms with Gasteiger partial charge in [-0.05, 0) is 37.0 Å². The van der Waals surface area contributed by atoms with Crippen LogP contribution in [-0.2, 0) is 11.3 Å². The Bertz CT molecular complexity index is 680. The zero-order valence-electron chi connectivity index (χ0n) is 13.7. The molecule has 2 aromatic rings. The van der Waals surface area contributed by atoms with Crippen LogP contribution in [0.4, 0.5) is 0 Å². The van der Waals surface area contributed by atoms with Crippen LogP contribution >= 0.6 is 11.6 Å². The number of halogens is 1. The van der Waals surface area contributed by atoms with Gasteiger partial charge in [0.2, 0.25) is 0 Å². The number of aromatic nitrogens is 3. The van der Waals surface area contributed by atoms with Crippen molar-refractivity contribution in [3.8, 4) is 0 Å². The van der Waals surface area contributed by atoms with Crippen LogP contribution in [0.15, 0.2) is 30.5 Å². The van der Waals surface area contributed by atoms with Gasteiger partial charge in [-0.1, -0.05) is 28.9 Å². The van der Waals surface area contributed by atoms with Crippen LogP contribution < -0.4 is 0 Å². The molecule has 0 saturated carbocycles. The van der Waals surface area contributed by atoms with Gasteiger partial charge in [-0.2, -0.15) is 0 Å². The van der Waals surface area contributed by atoms with Crippen molar-refractivity contribution in [3.63, 3.8) is 0 Å². The van der Waals surface area contributed by atoms with E-state index in [1.165, 1.54) is 0 Å². The average molecular weight is 349 g/mol. The number of hydrogen-bond donors (Lipinski definition) is 0. The number of amides is 1. The maximum absolute atomic E-state index is 12.5. The first kappa shape index (κ1) is 16.9. The lowest BCUT2D eigenvalue weighted by Gasteiger charge is -2.26. The highest BCUT2D eigenvalue weighted by molar-refractivity contribution is 6.30. The van der Waals surface area contributed by atoms with Crippen LogP contribution in [0.2, 0.25) is 5.02 Å². The Morgan fingerprint density at radius 1 is 1.38 bits per heavy atom. The van der Waals surface area contributed by atoms with Gasteiger partial charge in [-0.25, -0.2) is 4.68 Å². The largest absolute Gasteiger partial charge is 0.376 e. The Hall–Kier alpha value is -1.92. The number of hydrogen-bond acceptors (Lipinski definition) is 4. The molecule has 1 amide bonds. The quantitative estimate of drug-likeness (QED) is 0.833. The van der Waals surface area contributed by atoms with Gasteiger partial charge in [0.1, 0.15) is 0 Å². The second-order valence-electron chi connectivity index (χ2n) is 6.10. The molecule has 0 N–H and O–H groups in total. The molecule has 1 saturated heterocycles. The van der Waals surface area contributed by atoms with Gasteiger partial charge >= 0.3 is 0 Å². The van der Waals surface area contributed by atoms with Crippen LogP contribution in [0.5, 0.6) is 0 Å². The lowest BCUT2D eigenvalue weighted by molar-refractivity contribution is -0.000292. The van der Waals surface area contributed by atoms with Crippen molar-refractivity contribution < 1.29 is 9.53 Å². The number of benzene rings is 1. The molecule has 0 bridgehead atoms. The number of ether oxygens (including phenoxy) is 1. The molecular weight excluding hydrogens is 328 g/mol. The molecule has 7 heteroatoms.